The standard InChI is InChI=1S/C22H30Cl2N2O4S/c1-15(2)12-26(13-16(3)4)11-10-25-22(27)20-9-8-17(30-20)14-31(28,29)21-18(23)6-5-7-19(21)24/h5-9,15-16H,10-14H2,1-4H3,(H,25,27). The molecule has 1 aromatic carbocycles. The minimum absolute atomic E-state index is 0.0457. The van der Waals surface area contributed by atoms with Crippen molar-refractivity contribution in [2.75, 3.05) is 26.2 Å². The number of hydrogen-bond donors (Lipinski definition) is 1. The lowest BCUT2D eigenvalue weighted by Gasteiger charge is -2.26. The molecule has 0 saturated heterocycles. The van der Waals surface area contributed by atoms with Gasteiger partial charge in [0.1, 0.15) is 16.4 Å². The van der Waals surface area contributed by atoms with Gasteiger partial charge in [-0.2, -0.15) is 0 Å². The summed E-state index contributed by atoms with van der Waals surface area (Å²) in [5.41, 5.74) is 0. The zero-order chi connectivity index (χ0) is 23.2. The van der Waals surface area contributed by atoms with Crippen LogP contribution >= 0.6 is 23.2 Å². The number of rotatable bonds is 11. The van der Waals surface area contributed by atoms with Crippen molar-refractivity contribution >= 4 is 38.9 Å². The van der Waals surface area contributed by atoms with Crippen molar-refractivity contribution in [1.29, 1.82) is 0 Å². The Balaban J connectivity index is 1.98. The third-order valence-electron chi connectivity index (χ3n) is 4.41. The number of benzene rings is 1. The van der Waals surface area contributed by atoms with E-state index in [1.165, 1.54) is 24.3 Å². The maximum absolute atomic E-state index is 12.7. The minimum Gasteiger partial charge on any atom is -0.455 e. The van der Waals surface area contributed by atoms with Gasteiger partial charge >= 0.3 is 0 Å². The van der Waals surface area contributed by atoms with Crippen molar-refractivity contribution in [3.63, 3.8) is 0 Å². The van der Waals surface area contributed by atoms with E-state index >= 15 is 0 Å². The van der Waals surface area contributed by atoms with Crippen molar-refractivity contribution in [3.05, 3.63) is 51.9 Å². The number of carbonyl (C=O) groups is 1. The zero-order valence-corrected chi connectivity index (χ0v) is 20.6. The lowest BCUT2D eigenvalue weighted by molar-refractivity contribution is 0.0917. The van der Waals surface area contributed by atoms with Crippen molar-refractivity contribution in [3.8, 4) is 0 Å². The number of sulfone groups is 1. The first-order chi connectivity index (χ1) is 14.5. The fraction of sp³-hybridized carbons (Fsp3) is 0.500. The molecule has 0 bridgehead atoms. The highest BCUT2D eigenvalue weighted by Crippen LogP contribution is 2.31. The van der Waals surface area contributed by atoms with Crippen LogP contribution in [-0.4, -0.2) is 45.4 Å². The molecule has 2 aromatic rings. The molecule has 9 heteroatoms. The number of nitrogens with one attached hydrogen (secondary N) is 1. The fourth-order valence-corrected chi connectivity index (χ4v) is 5.83. The monoisotopic (exact) mass is 488 g/mol. The molecular weight excluding hydrogens is 459 g/mol. The third-order valence-corrected chi connectivity index (χ3v) is 6.99. The number of nitrogens with zero attached hydrogens (tertiary/aromatic N) is 1. The first-order valence-electron chi connectivity index (χ1n) is 10.3. The van der Waals surface area contributed by atoms with E-state index in [-0.39, 0.29) is 32.4 Å². The number of furan rings is 1. The van der Waals surface area contributed by atoms with Crippen LogP contribution in [0, 0.1) is 11.8 Å². The summed E-state index contributed by atoms with van der Waals surface area (Å²) in [6, 6.07) is 7.43. The van der Waals surface area contributed by atoms with E-state index in [0.29, 0.717) is 18.4 Å². The Labute approximate surface area is 194 Å². The summed E-state index contributed by atoms with van der Waals surface area (Å²) in [5.74, 6) is 0.456. The summed E-state index contributed by atoms with van der Waals surface area (Å²) in [4.78, 5) is 14.6. The van der Waals surface area contributed by atoms with Crippen LogP contribution < -0.4 is 5.32 Å². The normalized spacial score (nSPS) is 12.2. The smallest absolute Gasteiger partial charge is 0.287 e. The molecule has 6 nitrogen and oxygen atoms in total. The number of amides is 1. The maximum atomic E-state index is 12.7. The maximum Gasteiger partial charge on any atom is 0.287 e. The van der Waals surface area contributed by atoms with Gasteiger partial charge in [0.05, 0.1) is 10.0 Å². The lowest BCUT2D eigenvalue weighted by Crippen LogP contribution is -2.38. The Bertz CT molecular complexity index is 957. The van der Waals surface area contributed by atoms with Gasteiger partial charge in [-0.3, -0.25) is 4.79 Å². The second-order valence-corrected chi connectivity index (χ2v) is 11.1. The summed E-state index contributed by atoms with van der Waals surface area (Å²) in [7, 11) is -3.83. The average Bonchev–Trinajstić information content (AvgIpc) is 3.07. The van der Waals surface area contributed by atoms with Gasteiger partial charge in [0.15, 0.2) is 15.6 Å². The van der Waals surface area contributed by atoms with E-state index in [0.717, 1.165) is 19.6 Å². The van der Waals surface area contributed by atoms with E-state index in [1.54, 1.807) is 6.07 Å². The molecule has 0 saturated carbocycles. The molecule has 1 heterocycles. The average molecular weight is 489 g/mol. The molecule has 0 fully saturated rings. The quantitative estimate of drug-likeness (QED) is 0.486. The van der Waals surface area contributed by atoms with Crippen LogP contribution in [0.1, 0.15) is 44.0 Å². The van der Waals surface area contributed by atoms with E-state index < -0.39 is 15.6 Å². The molecule has 0 atom stereocenters. The SMILES string of the molecule is CC(C)CN(CCNC(=O)c1ccc(CS(=O)(=O)c2c(Cl)cccc2Cl)o1)CC(C)C. The lowest BCUT2D eigenvalue weighted by atomic mass is 10.1. The van der Waals surface area contributed by atoms with Gasteiger partial charge in [-0.05, 0) is 36.1 Å². The highest BCUT2D eigenvalue weighted by Gasteiger charge is 2.24. The highest BCUT2D eigenvalue weighted by molar-refractivity contribution is 7.90. The fourth-order valence-electron chi connectivity index (χ4n) is 3.32. The molecule has 0 spiro atoms. The second-order valence-electron chi connectivity index (χ2n) is 8.38. The Morgan fingerprint density at radius 2 is 1.61 bits per heavy atom. The van der Waals surface area contributed by atoms with Crippen molar-refractivity contribution in [1.82, 2.24) is 10.2 Å². The van der Waals surface area contributed by atoms with Gasteiger partial charge < -0.3 is 14.6 Å². The molecule has 0 aliphatic carbocycles. The number of halogens is 2. The van der Waals surface area contributed by atoms with Gasteiger partial charge in [-0.1, -0.05) is 57.0 Å². The Morgan fingerprint density at radius 1 is 1.03 bits per heavy atom. The largest absolute Gasteiger partial charge is 0.455 e. The molecule has 172 valence electrons. The van der Waals surface area contributed by atoms with E-state index in [9.17, 15) is 13.2 Å². The van der Waals surface area contributed by atoms with Crippen molar-refractivity contribution in [2.45, 2.75) is 38.3 Å². The predicted molar refractivity (Wildman–Crippen MR) is 125 cm³/mol. The van der Waals surface area contributed by atoms with E-state index in [4.69, 9.17) is 27.6 Å². The van der Waals surface area contributed by atoms with Gasteiger partial charge in [0, 0.05) is 26.2 Å². The molecule has 0 aliphatic rings. The molecule has 1 aromatic heterocycles. The summed E-state index contributed by atoms with van der Waals surface area (Å²) >= 11 is 12.0. The zero-order valence-electron chi connectivity index (χ0n) is 18.3. The minimum atomic E-state index is -3.83. The molecule has 0 aliphatic heterocycles. The van der Waals surface area contributed by atoms with Gasteiger partial charge in [-0.25, -0.2) is 8.42 Å². The van der Waals surface area contributed by atoms with Gasteiger partial charge in [-0.15, -0.1) is 0 Å². The molecular formula is C22H30Cl2N2O4S. The van der Waals surface area contributed by atoms with Crippen molar-refractivity contribution < 1.29 is 17.6 Å². The van der Waals surface area contributed by atoms with Crippen LogP contribution in [-0.2, 0) is 15.6 Å². The van der Waals surface area contributed by atoms with Crippen LogP contribution in [0.3, 0.4) is 0 Å². The van der Waals surface area contributed by atoms with Crippen LogP contribution in [0.25, 0.3) is 0 Å². The van der Waals surface area contributed by atoms with E-state index in [2.05, 4.69) is 37.9 Å². The van der Waals surface area contributed by atoms with Crippen LogP contribution in [0.4, 0.5) is 0 Å². The highest BCUT2D eigenvalue weighted by atomic mass is 35.5. The topological polar surface area (TPSA) is 79.6 Å². The summed E-state index contributed by atoms with van der Waals surface area (Å²) in [5, 5.41) is 2.93. The third kappa shape index (κ3) is 7.83. The molecule has 1 amide bonds. The first-order valence-corrected chi connectivity index (χ1v) is 12.7. The summed E-state index contributed by atoms with van der Waals surface area (Å²) in [6.07, 6.45) is 0. The Morgan fingerprint density at radius 3 is 2.16 bits per heavy atom. The number of hydrogen-bond acceptors (Lipinski definition) is 5. The predicted octanol–water partition coefficient (Wildman–Crippen LogP) is 4.90. The Kier molecular flexibility index (Phi) is 9.43. The number of carbonyl (C=O) groups excluding carboxylic acids is 1. The molecule has 0 radical (unpaired) electrons. The van der Waals surface area contributed by atoms with E-state index in [1.807, 2.05) is 0 Å². The molecule has 0 unspecified atom stereocenters. The van der Waals surface area contributed by atoms with Crippen LogP contribution in [0.15, 0.2) is 39.6 Å². The Hall–Kier alpha value is -1.54. The molecule has 31 heavy (non-hydrogen) atoms. The van der Waals surface area contributed by atoms with Crippen molar-refractivity contribution in [2.24, 2.45) is 11.8 Å². The molecule has 1 N–H and O–H groups in total. The second kappa shape index (κ2) is 11.4. The molecule has 2 rings (SSSR count). The summed E-state index contributed by atoms with van der Waals surface area (Å²) in [6.45, 7) is 11.8. The summed E-state index contributed by atoms with van der Waals surface area (Å²) < 4.78 is 30.9. The van der Waals surface area contributed by atoms with Crippen LogP contribution in [0.5, 0.6) is 0 Å². The first kappa shape index (κ1) is 25.7. The van der Waals surface area contributed by atoms with Crippen LogP contribution in [0.2, 0.25) is 10.0 Å². The van der Waals surface area contributed by atoms with Gasteiger partial charge in [0.2, 0.25) is 0 Å². The van der Waals surface area contributed by atoms with Gasteiger partial charge in [0.25, 0.3) is 5.91 Å².